The summed E-state index contributed by atoms with van der Waals surface area (Å²) in [4.78, 5) is 47.6. The fourth-order valence-corrected chi connectivity index (χ4v) is 6.63. The number of nitrogens with one attached hydrogen (secondary N) is 1. The Morgan fingerprint density at radius 3 is 2.07 bits per heavy atom. The quantitative estimate of drug-likeness (QED) is 0.0883. The van der Waals surface area contributed by atoms with Crippen LogP contribution in [0.15, 0.2) is 0 Å². The molecule has 0 aromatic carbocycles. The third-order valence-corrected chi connectivity index (χ3v) is 8.63. The molecule has 1 N–H and O–H groups in total. The van der Waals surface area contributed by atoms with Gasteiger partial charge in [-0.3, -0.25) is 19.2 Å². The van der Waals surface area contributed by atoms with Gasteiger partial charge in [0.2, 0.25) is 5.91 Å². The Kier molecular flexibility index (Phi) is 17.9. The second-order valence-electron chi connectivity index (χ2n) is 11.0. The van der Waals surface area contributed by atoms with E-state index in [9.17, 15) is 19.2 Å². The Labute approximate surface area is 262 Å². The first-order valence-corrected chi connectivity index (χ1v) is 16.0. The molecule has 1 saturated heterocycles. The van der Waals surface area contributed by atoms with E-state index >= 15 is 0 Å². The first kappa shape index (κ1) is 39.6. The van der Waals surface area contributed by atoms with Crippen LogP contribution in [0, 0.1) is 17.2 Å². The van der Waals surface area contributed by atoms with Crippen LogP contribution in [0.3, 0.4) is 0 Å². The highest BCUT2D eigenvalue weighted by atomic mass is 31.2. The smallest absolute Gasteiger partial charge is 0.303 e. The number of carbonyl (C=O) groups excluding carboxylic acids is 4. The van der Waals surface area contributed by atoms with Gasteiger partial charge in [-0.05, 0) is 47.5 Å². The summed E-state index contributed by atoms with van der Waals surface area (Å²) in [5.41, 5.74) is 0. The van der Waals surface area contributed by atoms with Crippen LogP contribution in [0.25, 0.3) is 0 Å². The molecule has 44 heavy (non-hydrogen) atoms. The number of unbranched alkanes of at least 4 members (excludes halogenated alkanes) is 1. The molecule has 0 saturated carbocycles. The van der Waals surface area contributed by atoms with Crippen LogP contribution in [-0.2, 0) is 51.9 Å². The average Bonchev–Trinajstić information content (AvgIpc) is 3.19. The SMILES string of the molecule is CC(=O)NCC1(OCCCCOP(OCCC#N)N(C(C)C)C(C)C)OC(COC(C)=O)[C@H](OC(C)=O)C1C(C)OC(C)=O. The second-order valence-corrected chi connectivity index (χ2v) is 12.5. The van der Waals surface area contributed by atoms with E-state index in [1.807, 2.05) is 0 Å². The first-order valence-electron chi connectivity index (χ1n) is 14.9. The minimum Gasteiger partial charge on any atom is -0.463 e. The van der Waals surface area contributed by atoms with Crippen LogP contribution < -0.4 is 5.32 Å². The second kappa shape index (κ2) is 19.9. The number of hydrogen-bond donors (Lipinski definition) is 1. The normalized spacial score (nSPS) is 22.8. The van der Waals surface area contributed by atoms with E-state index in [1.54, 1.807) is 6.92 Å². The number of esters is 3. The van der Waals surface area contributed by atoms with E-state index in [1.165, 1.54) is 27.7 Å². The molecule has 1 aliphatic heterocycles. The number of nitrogens with zero attached hydrogens (tertiary/aromatic N) is 2. The van der Waals surface area contributed by atoms with E-state index in [2.05, 4.69) is 43.8 Å². The summed E-state index contributed by atoms with van der Waals surface area (Å²) < 4.78 is 43.1. The number of nitriles is 1. The van der Waals surface area contributed by atoms with E-state index < -0.39 is 56.5 Å². The van der Waals surface area contributed by atoms with Crippen molar-refractivity contribution < 1.29 is 51.9 Å². The molecule has 1 amide bonds. The number of ether oxygens (including phenoxy) is 5. The van der Waals surface area contributed by atoms with Gasteiger partial charge in [0.15, 0.2) is 5.79 Å². The predicted molar refractivity (Wildman–Crippen MR) is 160 cm³/mol. The molecule has 0 spiro atoms. The van der Waals surface area contributed by atoms with Crippen molar-refractivity contribution in [3.8, 4) is 6.07 Å². The van der Waals surface area contributed by atoms with E-state index in [4.69, 9.17) is 38.0 Å². The van der Waals surface area contributed by atoms with Crippen molar-refractivity contribution in [2.24, 2.45) is 5.92 Å². The molecule has 0 aromatic heterocycles. The molecule has 0 radical (unpaired) electrons. The lowest BCUT2D eigenvalue weighted by Gasteiger charge is -2.37. The van der Waals surface area contributed by atoms with Gasteiger partial charge in [-0.15, -0.1) is 0 Å². The summed E-state index contributed by atoms with van der Waals surface area (Å²) >= 11 is 0. The molecule has 1 fully saturated rings. The fraction of sp³-hybridized carbons (Fsp3) is 0.828. The van der Waals surface area contributed by atoms with Gasteiger partial charge in [-0.2, -0.15) is 5.26 Å². The Balaban J connectivity index is 3.14. The van der Waals surface area contributed by atoms with Crippen LogP contribution in [-0.4, -0.2) is 97.6 Å². The van der Waals surface area contributed by atoms with Crippen molar-refractivity contribution in [1.82, 2.24) is 9.99 Å². The zero-order chi connectivity index (χ0) is 33.4. The van der Waals surface area contributed by atoms with Gasteiger partial charge >= 0.3 is 17.9 Å². The standard InChI is InChI=1S/C29H50N3O11P/c1-19(2)32(20(3)4)44(40-16-12-13-30)39-15-11-10-14-38-29(18-31-22(6)33)27(21(5)41-24(8)35)28(42-25(9)36)26(43-29)17-37-23(7)34/h19-21,26-28H,10-12,14-18H2,1-9H3,(H,31,33)/t21?,26?,27?,28-,29?,44?/m0/s1. The molecular formula is C29H50N3O11P. The minimum absolute atomic E-state index is 0.143. The Hall–Kier alpha value is -2.40. The monoisotopic (exact) mass is 647 g/mol. The van der Waals surface area contributed by atoms with Crippen molar-refractivity contribution in [3.63, 3.8) is 0 Å². The van der Waals surface area contributed by atoms with Crippen LogP contribution in [0.4, 0.5) is 0 Å². The summed E-state index contributed by atoms with van der Waals surface area (Å²) in [5.74, 6) is -4.59. The fourth-order valence-electron chi connectivity index (χ4n) is 5.01. The van der Waals surface area contributed by atoms with Gasteiger partial charge in [0.05, 0.1) is 44.8 Å². The van der Waals surface area contributed by atoms with Crippen LogP contribution in [0.1, 0.15) is 81.6 Å². The van der Waals surface area contributed by atoms with Gasteiger partial charge in [-0.1, -0.05) is 0 Å². The maximum Gasteiger partial charge on any atom is 0.303 e. The van der Waals surface area contributed by atoms with E-state index in [0.717, 1.165) is 0 Å². The van der Waals surface area contributed by atoms with E-state index in [0.29, 0.717) is 19.4 Å². The maximum absolute atomic E-state index is 12.1. The third kappa shape index (κ3) is 13.3. The first-order chi connectivity index (χ1) is 20.6. The summed E-state index contributed by atoms with van der Waals surface area (Å²) in [6.07, 6.45) is -1.51. The Morgan fingerprint density at radius 2 is 1.55 bits per heavy atom. The van der Waals surface area contributed by atoms with Gasteiger partial charge in [0.25, 0.3) is 8.53 Å². The number of hydrogen-bond acceptors (Lipinski definition) is 13. The molecule has 6 atom stereocenters. The Bertz CT molecular complexity index is 969. The molecule has 15 heteroatoms. The zero-order valence-electron chi connectivity index (χ0n) is 27.5. The molecule has 0 aliphatic carbocycles. The van der Waals surface area contributed by atoms with Crippen molar-refractivity contribution in [2.75, 3.05) is 33.0 Å². The van der Waals surface area contributed by atoms with Gasteiger partial charge in [-0.25, -0.2) is 4.67 Å². The molecular weight excluding hydrogens is 597 g/mol. The lowest BCUT2D eigenvalue weighted by Crippen LogP contribution is -2.54. The highest BCUT2D eigenvalue weighted by molar-refractivity contribution is 7.44. The summed E-state index contributed by atoms with van der Waals surface area (Å²) in [6.45, 7) is 15.2. The molecule has 252 valence electrons. The van der Waals surface area contributed by atoms with Gasteiger partial charge in [0, 0.05) is 39.8 Å². The van der Waals surface area contributed by atoms with Gasteiger partial charge < -0.3 is 38.0 Å². The number of rotatable bonds is 20. The topological polar surface area (TPSA) is 172 Å². The van der Waals surface area contributed by atoms with Crippen molar-refractivity contribution in [1.29, 1.82) is 5.26 Å². The Morgan fingerprint density at radius 1 is 0.932 bits per heavy atom. The van der Waals surface area contributed by atoms with Crippen molar-refractivity contribution >= 4 is 32.3 Å². The lowest BCUT2D eigenvalue weighted by atomic mass is 9.87. The predicted octanol–water partition coefficient (Wildman–Crippen LogP) is 3.37. The highest BCUT2D eigenvalue weighted by Crippen LogP contribution is 2.46. The van der Waals surface area contributed by atoms with Crippen molar-refractivity contribution in [3.05, 3.63) is 0 Å². The van der Waals surface area contributed by atoms with Gasteiger partial charge in [0.1, 0.15) is 24.9 Å². The number of amides is 1. The minimum atomic E-state index is -1.59. The maximum atomic E-state index is 12.1. The molecule has 1 rings (SSSR count). The average molecular weight is 648 g/mol. The summed E-state index contributed by atoms with van der Waals surface area (Å²) in [5, 5.41) is 11.6. The van der Waals surface area contributed by atoms with E-state index in [-0.39, 0.29) is 50.8 Å². The zero-order valence-corrected chi connectivity index (χ0v) is 28.3. The molecule has 0 bridgehead atoms. The molecule has 5 unspecified atom stereocenters. The molecule has 1 aliphatic rings. The molecule has 0 aromatic rings. The lowest BCUT2D eigenvalue weighted by molar-refractivity contribution is -0.256. The molecule has 14 nitrogen and oxygen atoms in total. The third-order valence-electron chi connectivity index (χ3n) is 6.52. The molecule has 1 heterocycles. The summed E-state index contributed by atoms with van der Waals surface area (Å²) in [6, 6.07) is 2.42. The van der Waals surface area contributed by atoms with Crippen LogP contribution >= 0.6 is 8.53 Å². The van der Waals surface area contributed by atoms with Crippen LogP contribution in [0.5, 0.6) is 0 Å². The number of carbonyl (C=O) groups is 4. The van der Waals surface area contributed by atoms with Crippen LogP contribution in [0.2, 0.25) is 0 Å². The summed E-state index contributed by atoms with van der Waals surface area (Å²) in [7, 11) is -1.39. The van der Waals surface area contributed by atoms with Crippen molar-refractivity contribution in [2.45, 2.75) is 118 Å². The largest absolute Gasteiger partial charge is 0.463 e. The highest BCUT2D eigenvalue weighted by Gasteiger charge is 2.61.